The summed E-state index contributed by atoms with van der Waals surface area (Å²) in [4.78, 5) is 14.7. The van der Waals surface area contributed by atoms with E-state index in [1.807, 2.05) is 18.7 Å². The van der Waals surface area contributed by atoms with Crippen LogP contribution in [-0.4, -0.2) is 80.9 Å². The van der Waals surface area contributed by atoms with Crippen LogP contribution in [0.2, 0.25) is 0 Å². The maximum atomic E-state index is 12.7. The molecule has 5 unspecified atom stereocenters. The zero-order valence-electron chi connectivity index (χ0n) is 29.4. The van der Waals surface area contributed by atoms with Crippen molar-refractivity contribution in [3.05, 3.63) is 0 Å². The molecule has 2 heterocycles. The van der Waals surface area contributed by atoms with Crippen LogP contribution in [0.4, 0.5) is 0 Å². The van der Waals surface area contributed by atoms with Crippen LogP contribution in [0.5, 0.6) is 0 Å². The Morgan fingerprint density at radius 2 is 1.77 bits per heavy atom. The zero-order chi connectivity index (χ0) is 31.8. The molecule has 2 spiro atoms. The van der Waals surface area contributed by atoms with Gasteiger partial charge in [-0.25, -0.2) is 0 Å². The lowest BCUT2D eigenvalue weighted by molar-refractivity contribution is -0.245. The Kier molecular flexibility index (Phi) is 8.86. The van der Waals surface area contributed by atoms with Gasteiger partial charge in [-0.15, -0.1) is 0 Å². The second-order valence-electron chi connectivity index (χ2n) is 17.2. The Balaban J connectivity index is 0.00000168. The summed E-state index contributed by atoms with van der Waals surface area (Å²) in [6, 6.07) is 0. The van der Waals surface area contributed by atoms with Gasteiger partial charge >= 0.3 is 0 Å². The summed E-state index contributed by atoms with van der Waals surface area (Å²) in [5.41, 5.74) is 1.54. The Morgan fingerprint density at radius 1 is 1.02 bits per heavy atom. The Morgan fingerprint density at radius 3 is 2.48 bits per heavy atom. The summed E-state index contributed by atoms with van der Waals surface area (Å²) in [5, 5.41) is 10.4. The first kappa shape index (κ1) is 33.2. The molecule has 252 valence electrons. The van der Waals surface area contributed by atoms with Gasteiger partial charge in [0.2, 0.25) is 5.91 Å². The molecule has 2 saturated heterocycles. The topological polar surface area (TPSA) is 80.3 Å². The van der Waals surface area contributed by atoms with Crippen molar-refractivity contribution in [2.45, 2.75) is 124 Å². The van der Waals surface area contributed by atoms with E-state index in [0.717, 1.165) is 49.7 Å². The molecular formula is C37H64N2O5. The number of aliphatic hydroxyl groups excluding tert-OH is 1. The molecular weight excluding hydrogens is 552 g/mol. The SMILES string of the molecule is CNC[C@H]1C[C@@H](C)C2[C@@H](CC3[C@@H]4CCC5C(C)(C)[C@@H](OC6CN(C(=O)C(C)C)CCO6)CCC56[C@@H](C)[C@@]46CC[C@]23C)O1.CO. The van der Waals surface area contributed by atoms with Crippen LogP contribution in [0.25, 0.3) is 0 Å². The van der Waals surface area contributed by atoms with Gasteiger partial charge in [-0.05, 0) is 116 Å². The zero-order valence-corrected chi connectivity index (χ0v) is 29.4. The van der Waals surface area contributed by atoms with Crippen LogP contribution >= 0.6 is 0 Å². The third-order valence-corrected chi connectivity index (χ3v) is 15.2. The van der Waals surface area contributed by atoms with Crippen molar-refractivity contribution in [3.63, 3.8) is 0 Å². The van der Waals surface area contributed by atoms with Gasteiger partial charge < -0.3 is 29.5 Å². The lowest BCUT2D eigenvalue weighted by Gasteiger charge is -2.60. The molecule has 13 atom stereocenters. The number of fused-ring (bicyclic) bond motifs is 4. The first-order valence-electron chi connectivity index (χ1n) is 18.2. The molecule has 7 aliphatic rings. The number of aliphatic hydroxyl groups is 1. The first-order valence-corrected chi connectivity index (χ1v) is 18.2. The van der Waals surface area contributed by atoms with Crippen LogP contribution in [0.3, 0.4) is 0 Å². The van der Waals surface area contributed by atoms with Crippen LogP contribution in [-0.2, 0) is 19.0 Å². The third-order valence-electron chi connectivity index (χ3n) is 15.2. The van der Waals surface area contributed by atoms with E-state index in [1.165, 1.54) is 44.9 Å². The predicted octanol–water partition coefficient (Wildman–Crippen LogP) is 5.74. The van der Waals surface area contributed by atoms with Gasteiger partial charge in [0.15, 0.2) is 6.29 Å². The average Bonchev–Trinajstić information content (AvgIpc) is 3.36. The molecule has 0 aromatic carbocycles. The average molecular weight is 617 g/mol. The van der Waals surface area contributed by atoms with E-state index in [9.17, 15) is 4.79 Å². The van der Waals surface area contributed by atoms with Gasteiger partial charge in [0, 0.05) is 26.1 Å². The van der Waals surface area contributed by atoms with E-state index in [2.05, 4.69) is 47.0 Å². The van der Waals surface area contributed by atoms with E-state index >= 15 is 0 Å². The number of carbonyl (C=O) groups excluding carboxylic acids is 1. The number of rotatable bonds is 5. The number of carbonyl (C=O) groups is 1. The fourth-order valence-electron chi connectivity index (χ4n) is 13.7. The van der Waals surface area contributed by atoms with Gasteiger partial charge in [0.1, 0.15) is 0 Å². The molecule has 7 rings (SSSR count). The van der Waals surface area contributed by atoms with Crippen molar-refractivity contribution < 1.29 is 24.1 Å². The molecule has 2 N–H and O–H groups in total. The normalized spacial score (nSPS) is 50.3. The smallest absolute Gasteiger partial charge is 0.225 e. The Bertz CT molecular complexity index is 1070. The van der Waals surface area contributed by atoms with E-state index in [-0.39, 0.29) is 29.6 Å². The molecule has 5 saturated carbocycles. The lowest BCUT2D eigenvalue weighted by atomic mass is 9.46. The van der Waals surface area contributed by atoms with Crippen molar-refractivity contribution in [1.29, 1.82) is 0 Å². The molecule has 7 nitrogen and oxygen atoms in total. The highest BCUT2D eigenvalue weighted by molar-refractivity contribution is 5.78. The molecule has 44 heavy (non-hydrogen) atoms. The van der Waals surface area contributed by atoms with Crippen LogP contribution in [0.1, 0.15) is 99.8 Å². The summed E-state index contributed by atoms with van der Waals surface area (Å²) in [6.07, 6.45) is 11.2. The van der Waals surface area contributed by atoms with E-state index < -0.39 is 0 Å². The Hall–Kier alpha value is -0.730. The monoisotopic (exact) mass is 616 g/mol. The van der Waals surface area contributed by atoms with Crippen molar-refractivity contribution in [2.24, 2.45) is 63.1 Å². The number of hydrogen-bond acceptors (Lipinski definition) is 6. The van der Waals surface area contributed by atoms with Crippen molar-refractivity contribution in [2.75, 3.05) is 40.4 Å². The highest BCUT2D eigenvalue weighted by atomic mass is 16.7. The molecule has 7 heteroatoms. The largest absolute Gasteiger partial charge is 0.400 e. The number of likely N-dealkylation sites (N-methyl/N-ethyl adjacent to an activating group) is 1. The minimum absolute atomic E-state index is 0.0168. The number of hydrogen-bond donors (Lipinski definition) is 2. The van der Waals surface area contributed by atoms with Crippen LogP contribution in [0.15, 0.2) is 0 Å². The summed E-state index contributed by atoms with van der Waals surface area (Å²) in [5.74, 6) is 4.92. The van der Waals surface area contributed by atoms with E-state index in [0.29, 0.717) is 54.1 Å². The molecule has 1 amide bonds. The number of nitrogens with zero attached hydrogens (tertiary/aromatic N) is 1. The fraction of sp³-hybridized carbons (Fsp3) is 0.973. The summed E-state index contributed by atoms with van der Waals surface area (Å²) < 4.78 is 19.8. The second-order valence-corrected chi connectivity index (χ2v) is 17.2. The lowest BCUT2D eigenvalue weighted by Crippen LogP contribution is -2.56. The number of ether oxygens (including phenoxy) is 3. The molecule has 0 bridgehead atoms. The first-order chi connectivity index (χ1) is 20.9. The molecule has 0 radical (unpaired) electrons. The molecule has 5 aliphatic carbocycles. The summed E-state index contributed by atoms with van der Waals surface area (Å²) in [6.45, 7) is 19.7. The minimum atomic E-state index is -0.298. The molecule has 2 aliphatic heterocycles. The van der Waals surface area contributed by atoms with Crippen molar-refractivity contribution >= 4 is 5.91 Å². The predicted molar refractivity (Wildman–Crippen MR) is 173 cm³/mol. The van der Waals surface area contributed by atoms with Crippen molar-refractivity contribution in [1.82, 2.24) is 10.2 Å². The molecule has 0 aromatic rings. The van der Waals surface area contributed by atoms with Gasteiger partial charge in [0.05, 0.1) is 31.5 Å². The third kappa shape index (κ3) is 4.55. The number of morpholine rings is 1. The van der Waals surface area contributed by atoms with Crippen molar-refractivity contribution in [3.8, 4) is 0 Å². The maximum Gasteiger partial charge on any atom is 0.225 e. The minimum Gasteiger partial charge on any atom is -0.400 e. The fourth-order valence-corrected chi connectivity index (χ4v) is 13.7. The van der Waals surface area contributed by atoms with Gasteiger partial charge in [-0.2, -0.15) is 0 Å². The highest BCUT2D eigenvalue weighted by Crippen LogP contribution is 2.89. The quantitative estimate of drug-likeness (QED) is 0.410. The number of amides is 1. The highest BCUT2D eigenvalue weighted by Gasteiger charge is 2.85. The maximum absolute atomic E-state index is 12.7. The molecule has 0 aromatic heterocycles. The van der Waals surface area contributed by atoms with Crippen LogP contribution in [0, 0.1) is 63.1 Å². The van der Waals surface area contributed by atoms with E-state index in [4.69, 9.17) is 19.3 Å². The van der Waals surface area contributed by atoms with Gasteiger partial charge in [-0.3, -0.25) is 4.79 Å². The summed E-state index contributed by atoms with van der Waals surface area (Å²) >= 11 is 0. The standard InChI is InChI=1S/C36H60N2O4.CH4O/c1-21(2)32(39)38-15-16-40-30(20-38)42-29-11-12-36-23(4)35(36)14-13-34(7)26(25(35)9-10-28(36)33(29,5)6)18-27-31(34)22(3)17-24(41-27)19-37-8;1-2/h21-31,37H,9-20H2,1-8H3;2H,1H3/t22-,23+,24-,25+,26?,27-,28?,29+,30?,31?,34+,35+,36?;/m1./s1. The Labute approximate surface area is 267 Å². The second kappa shape index (κ2) is 11.8. The van der Waals surface area contributed by atoms with Gasteiger partial charge in [-0.1, -0.05) is 48.5 Å². The van der Waals surface area contributed by atoms with Crippen LogP contribution < -0.4 is 5.32 Å². The van der Waals surface area contributed by atoms with E-state index in [1.54, 1.807) is 0 Å². The van der Waals surface area contributed by atoms with Gasteiger partial charge in [0.25, 0.3) is 0 Å². The molecule has 7 fully saturated rings. The number of nitrogens with one attached hydrogen (secondary N) is 1. The summed E-state index contributed by atoms with van der Waals surface area (Å²) in [7, 11) is 3.07.